The summed E-state index contributed by atoms with van der Waals surface area (Å²) in [7, 11) is 0. The topological polar surface area (TPSA) is 36.4 Å². The third-order valence-corrected chi connectivity index (χ3v) is 5.79. The van der Waals surface area contributed by atoms with Gasteiger partial charge in [-0.2, -0.15) is 0 Å². The molecule has 3 aliphatic rings. The van der Waals surface area contributed by atoms with Gasteiger partial charge in [0.25, 0.3) is 0 Å². The van der Waals surface area contributed by atoms with Crippen LogP contribution in [-0.4, -0.2) is 48.4 Å². The Morgan fingerprint density at radius 3 is 2.65 bits per heavy atom. The van der Waals surface area contributed by atoms with Crippen molar-refractivity contribution in [2.75, 3.05) is 37.6 Å². The van der Waals surface area contributed by atoms with Crippen molar-refractivity contribution >= 4 is 22.3 Å². The number of thiazole rings is 1. The van der Waals surface area contributed by atoms with E-state index in [4.69, 9.17) is 0 Å². The van der Waals surface area contributed by atoms with Crippen LogP contribution in [0.15, 0.2) is 0 Å². The first kappa shape index (κ1) is 12.8. The van der Waals surface area contributed by atoms with Crippen LogP contribution in [0.3, 0.4) is 0 Å². The fraction of sp³-hybridized carbons (Fsp3) is 0.733. The van der Waals surface area contributed by atoms with Crippen molar-refractivity contribution in [1.82, 2.24) is 9.88 Å². The summed E-state index contributed by atoms with van der Waals surface area (Å²) >= 11 is 1.75. The van der Waals surface area contributed by atoms with Crippen molar-refractivity contribution in [2.45, 2.75) is 32.1 Å². The molecule has 1 aromatic rings. The molecule has 5 heteroatoms. The van der Waals surface area contributed by atoms with Gasteiger partial charge in [-0.1, -0.05) is 0 Å². The zero-order valence-corrected chi connectivity index (χ0v) is 12.6. The number of carbonyl (C=O) groups is 1. The SMILES string of the molecule is O=C1CCCc2sc(N3CCN(CC4CC4)CC3)nc21. The molecule has 108 valence electrons. The number of hydrogen-bond acceptors (Lipinski definition) is 5. The van der Waals surface area contributed by atoms with Crippen LogP contribution in [-0.2, 0) is 6.42 Å². The first-order valence-electron chi connectivity index (χ1n) is 7.80. The highest BCUT2D eigenvalue weighted by Crippen LogP contribution is 2.33. The smallest absolute Gasteiger partial charge is 0.186 e. The Labute approximate surface area is 123 Å². The molecule has 2 heterocycles. The van der Waals surface area contributed by atoms with Gasteiger partial charge in [0.2, 0.25) is 0 Å². The van der Waals surface area contributed by atoms with Gasteiger partial charge in [-0.25, -0.2) is 4.98 Å². The molecule has 1 saturated heterocycles. The molecule has 4 nitrogen and oxygen atoms in total. The summed E-state index contributed by atoms with van der Waals surface area (Å²) in [5.41, 5.74) is 0.775. The average molecular weight is 291 g/mol. The van der Waals surface area contributed by atoms with Crippen molar-refractivity contribution in [3.8, 4) is 0 Å². The predicted octanol–water partition coefficient (Wildman–Crippen LogP) is 2.19. The number of aromatic nitrogens is 1. The molecule has 4 rings (SSSR count). The highest BCUT2D eigenvalue weighted by atomic mass is 32.1. The lowest BCUT2D eigenvalue weighted by atomic mass is 10.0. The summed E-state index contributed by atoms with van der Waals surface area (Å²) in [5, 5.41) is 1.08. The monoisotopic (exact) mass is 291 g/mol. The maximum atomic E-state index is 11.9. The minimum absolute atomic E-state index is 0.251. The van der Waals surface area contributed by atoms with Crippen molar-refractivity contribution in [2.24, 2.45) is 5.92 Å². The number of nitrogens with zero attached hydrogens (tertiary/aromatic N) is 3. The molecule has 0 bridgehead atoms. The predicted molar refractivity (Wildman–Crippen MR) is 80.8 cm³/mol. The number of fused-ring (bicyclic) bond motifs is 1. The summed E-state index contributed by atoms with van der Waals surface area (Å²) in [4.78, 5) is 22.7. The van der Waals surface area contributed by atoms with Crippen molar-refractivity contribution < 1.29 is 4.79 Å². The lowest BCUT2D eigenvalue weighted by Gasteiger charge is -2.34. The fourth-order valence-corrected chi connectivity index (χ4v) is 4.35. The molecule has 1 saturated carbocycles. The number of ketones is 1. The number of piperazine rings is 1. The lowest BCUT2D eigenvalue weighted by molar-refractivity contribution is 0.0968. The molecule has 2 aliphatic carbocycles. The summed E-state index contributed by atoms with van der Waals surface area (Å²) in [6.45, 7) is 5.71. The van der Waals surface area contributed by atoms with Crippen LogP contribution in [0.2, 0.25) is 0 Å². The molecular weight excluding hydrogens is 270 g/mol. The zero-order chi connectivity index (χ0) is 13.5. The van der Waals surface area contributed by atoms with E-state index in [2.05, 4.69) is 14.8 Å². The maximum Gasteiger partial charge on any atom is 0.186 e. The van der Waals surface area contributed by atoms with Crippen LogP contribution >= 0.6 is 11.3 Å². The van der Waals surface area contributed by atoms with E-state index < -0.39 is 0 Å². The van der Waals surface area contributed by atoms with Crippen LogP contribution in [0.25, 0.3) is 0 Å². The molecule has 1 aliphatic heterocycles. The third-order valence-electron chi connectivity index (χ3n) is 4.61. The summed E-state index contributed by atoms with van der Waals surface area (Å²) in [5.74, 6) is 1.23. The molecular formula is C15H21N3OS. The third kappa shape index (κ3) is 2.49. The summed E-state index contributed by atoms with van der Waals surface area (Å²) in [6.07, 6.45) is 5.59. The minimum atomic E-state index is 0.251. The normalized spacial score (nSPS) is 24.0. The molecule has 20 heavy (non-hydrogen) atoms. The highest BCUT2D eigenvalue weighted by Gasteiger charge is 2.28. The quantitative estimate of drug-likeness (QED) is 0.855. The van der Waals surface area contributed by atoms with Crippen molar-refractivity contribution in [3.63, 3.8) is 0 Å². The van der Waals surface area contributed by atoms with Gasteiger partial charge in [-0.3, -0.25) is 9.69 Å². The number of Topliss-reactive ketones (excluding diaryl/α,β-unsaturated/α-hetero) is 1. The Morgan fingerprint density at radius 1 is 1.15 bits per heavy atom. The largest absolute Gasteiger partial charge is 0.346 e. The van der Waals surface area contributed by atoms with Gasteiger partial charge in [0.15, 0.2) is 10.9 Å². The van der Waals surface area contributed by atoms with Crippen LogP contribution in [0.4, 0.5) is 5.13 Å². The first-order chi connectivity index (χ1) is 9.79. The van der Waals surface area contributed by atoms with Crippen molar-refractivity contribution in [3.05, 3.63) is 10.6 Å². The van der Waals surface area contributed by atoms with E-state index in [1.54, 1.807) is 11.3 Å². The molecule has 1 aromatic heterocycles. The van der Waals surface area contributed by atoms with Gasteiger partial charge >= 0.3 is 0 Å². The average Bonchev–Trinajstić information content (AvgIpc) is 3.16. The first-order valence-corrected chi connectivity index (χ1v) is 8.61. The Morgan fingerprint density at radius 2 is 1.95 bits per heavy atom. The Bertz CT molecular complexity index is 515. The molecule has 0 unspecified atom stereocenters. The lowest BCUT2D eigenvalue weighted by Crippen LogP contribution is -2.47. The highest BCUT2D eigenvalue weighted by molar-refractivity contribution is 7.16. The minimum Gasteiger partial charge on any atom is -0.346 e. The van der Waals surface area contributed by atoms with Crippen LogP contribution in [0, 0.1) is 5.92 Å². The second-order valence-electron chi connectivity index (χ2n) is 6.28. The zero-order valence-electron chi connectivity index (χ0n) is 11.8. The molecule has 2 fully saturated rings. The van der Waals surface area contributed by atoms with Crippen LogP contribution in [0.5, 0.6) is 0 Å². The maximum absolute atomic E-state index is 11.9. The Balaban J connectivity index is 1.42. The number of anilines is 1. The number of carbonyl (C=O) groups excluding carboxylic acids is 1. The van der Waals surface area contributed by atoms with Gasteiger partial charge in [0.1, 0.15) is 5.69 Å². The molecule has 0 aromatic carbocycles. The molecule has 0 spiro atoms. The summed E-state index contributed by atoms with van der Waals surface area (Å²) in [6, 6.07) is 0. The fourth-order valence-electron chi connectivity index (χ4n) is 3.18. The van der Waals surface area contributed by atoms with Gasteiger partial charge in [0.05, 0.1) is 0 Å². The van der Waals surface area contributed by atoms with E-state index in [0.717, 1.165) is 55.8 Å². The van der Waals surface area contributed by atoms with Gasteiger partial charge in [-0.15, -0.1) is 11.3 Å². The van der Waals surface area contributed by atoms with Crippen LogP contribution < -0.4 is 4.90 Å². The molecule has 0 radical (unpaired) electrons. The molecule has 0 N–H and O–H groups in total. The molecule has 0 amide bonds. The number of aryl methyl sites for hydroxylation is 1. The van der Waals surface area contributed by atoms with E-state index in [1.165, 1.54) is 24.3 Å². The van der Waals surface area contributed by atoms with Gasteiger partial charge in [-0.05, 0) is 31.6 Å². The number of rotatable bonds is 3. The van der Waals surface area contributed by atoms with E-state index in [1.807, 2.05) is 0 Å². The van der Waals surface area contributed by atoms with E-state index in [0.29, 0.717) is 6.42 Å². The van der Waals surface area contributed by atoms with E-state index in [9.17, 15) is 4.79 Å². The van der Waals surface area contributed by atoms with Gasteiger partial charge in [0, 0.05) is 44.0 Å². The van der Waals surface area contributed by atoms with E-state index >= 15 is 0 Å². The number of hydrogen-bond donors (Lipinski definition) is 0. The van der Waals surface area contributed by atoms with Crippen molar-refractivity contribution in [1.29, 1.82) is 0 Å². The second-order valence-corrected chi connectivity index (χ2v) is 7.34. The standard InChI is InChI=1S/C15H21N3OS/c19-12-2-1-3-13-14(12)16-15(20-13)18-8-6-17(7-9-18)10-11-4-5-11/h11H,1-10H2. The van der Waals surface area contributed by atoms with Gasteiger partial charge < -0.3 is 4.90 Å². The molecule has 0 atom stereocenters. The second kappa shape index (κ2) is 5.11. The Hall–Kier alpha value is -0.940. The Kier molecular flexibility index (Phi) is 3.27. The van der Waals surface area contributed by atoms with E-state index in [-0.39, 0.29) is 5.78 Å². The summed E-state index contributed by atoms with van der Waals surface area (Å²) < 4.78 is 0. The van der Waals surface area contributed by atoms with Crippen LogP contribution in [0.1, 0.15) is 41.0 Å².